The van der Waals surface area contributed by atoms with Gasteiger partial charge in [0, 0.05) is 24.5 Å². The molecule has 42 heavy (non-hydrogen) atoms. The van der Waals surface area contributed by atoms with Crippen molar-refractivity contribution in [2.24, 2.45) is 0 Å². The molecule has 0 aliphatic carbocycles. The Morgan fingerprint density at radius 1 is 0.952 bits per heavy atom. The summed E-state index contributed by atoms with van der Waals surface area (Å²) in [5.74, 6) is -1.30. The Bertz CT molecular complexity index is 1510. The fourth-order valence-corrected chi connectivity index (χ4v) is 5.49. The topological polar surface area (TPSA) is 86.8 Å². The fourth-order valence-electron chi connectivity index (χ4n) is 4.23. The monoisotopic (exact) mass is 643 g/mol. The van der Waals surface area contributed by atoms with Gasteiger partial charge in [-0.3, -0.25) is 13.9 Å². The predicted octanol–water partition coefficient (Wildman–Crippen LogP) is 5.94. The van der Waals surface area contributed by atoms with Crippen molar-refractivity contribution in [2.75, 3.05) is 23.7 Å². The molecule has 7 nitrogen and oxygen atoms in total. The molecule has 1 N–H and O–H groups in total. The fraction of sp³-hybridized carbons (Fsp3) is 0.310. The van der Waals surface area contributed by atoms with Gasteiger partial charge in [-0.15, -0.1) is 0 Å². The number of sulfonamides is 1. The normalized spacial score (nSPS) is 12.5. The maximum Gasteiger partial charge on any atom is 0.417 e. The van der Waals surface area contributed by atoms with Crippen molar-refractivity contribution in [1.29, 1.82) is 0 Å². The van der Waals surface area contributed by atoms with E-state index in [1.165, 1.54) is 4.90 Å². The van der Waals surface area contributed by atoms with E-state index >= 15 is 0 Å². The zero-order valence-corrected chi connectivity index (χ0v) is 25.2. The Hall–Kier alpha value is -3.28. The van der Waals surface area contributed by atoms with Gasteiger partial charge in [-0.2, -0.15) is 13.2 Å². The van der Waals surface area contributed by atoms with Crippen LogP contribution in [0.25, 0.3) is 0 Å². The van der Waals surface area contributed by atoms with Gasteiger partial charge in [0.05, 0.1) is 22.5 Å². The van der Waals surface area contributed by atoms with Gasteiger partial charge in [-0.1, -0.05) is 78.7 Å². The maximum absolute atomic E-state index is 14.0. The van der Waals surface area contributed by atoms with Gasteiger partial charge in [0.25, 0.3) is 0 Å². The number of benzene rings is 3. The number of anilines is 1. The highest BCUT2D eigenvalue weighted by atomic mass is 35.5. The van der Waals surface area contributed by atoms with E-state index in [0.717, 1.165) is 24.0 Å². The lowest BCUT2D eigenvalue weighted by atomic mass is 10.0. The van der Waals surface area contributed by atoms with Crippen LogP contribution in [0.3, 0.4) is 0 Å². The predicted molar refractivity (Wildman–Crippen MR) is 158 cm³/mol. The van der Waals surface area contributed by atoms with E-state index in [2.05, 4.69) is 5.32 Å². The first-order valence-corrected chi connectivity index (χ1v) is 15.5. The number of amides is 2. The summed E-state index contributed by atoms with van der Waals surface area (Å²) in [6.07, 6.45) is -3.38. The highest BCUT2D eigenvalue weighted by Gasteiger charge is 2.36. The third-order valence-corrected chi connectivity index (χ3v) is 8.18. The smallest absolute Gasteiger partial charge is 0.354 e. The van der Waals surface area contributed by atoms with Crippen LogP contribution >= 0.6 is 23.2 Å². The Morgan fingerprint density at radius 2 is 1.60 bits per heavy atom. The molecule has 0 saturated heterocycles. The molecular formula is C29H30Cl2F3N3O4S. The molecular weight excluding hydrogens is 614 g/mol. The summed E-state index contributed by atoms with van der Waals surface area (Å²) in [4.78, 5) is 28.7. The number of rotatable bonds is 12. The molecule has 226 valence electrons. The lowest BCUT2D eigenvalue weighted by Crippen LogP contribution is -2.53. The van der Waals surface area contributed by atoms with E-state index in [-0.39, 0.29) is 13.0 Å². The van der Waals surface area contributed by atoms with Crippen LogP contribution in [-0.4, -0.2) is 50.5 Å². The molecule has 13 heteroatoms. The largest absolute Gasteiger partial charge is 0.417 e. The maximum atomic E-state index is 14.0. The van der Waals surface area contributed by atoms with Gasteiger partial charge < -0.3 is 10.2 Å². The minimum absolute atomic E-state index is 0.0879. The number of alkyl halides is 3. The number of halogens is 5. The van der Waals surface area contributed by atoms with Crippen LogP contribution in [0, 0.1) is 0 Å². The van der Waals surface area contributed by atoms with E-state index < -0.39 is 56.9 Å². The van der Waals surface area contributed by atoms with Crippen molar-refractivity contribution in [1.82, 2.24) is 10.2 Å². The Labute approximate surface area is 253 Å². The molecule has 3 rings (SSSR count). The molecule has 0 aliphatic heterocycles. The van der Waals surface area contributed by atoms with Crippen molar-refractivity contribution >= 4 is 50.7 Å². The van der Waals surface area contributed by atoms with Crippen LogP contribution in [0.4, 0.5) is 18.9 Å². The first-order chi connectivity index (χ1) is 19.7. The molecule has 0 heterocycles. The van der Waals surface area contributed by atoms with E-state index in [1.54, 1.807) is 54.6 Å². The van der Waals surface area contributed by atoms with Crippen molar-refractivity contribution in [2.45, 2.75) is 38.5 Å². The summed E-state index contributed by atoms with van der Waals surface area (Å²) >= 11 is 12.1. The van der Waals surface area contributed by atoms with Crippen LogP contribution in [0.15, 0.2) is 72.8 Å². The van der Waals surface area contributed by atoms with Crippen molar-refractivity contribution < 1.29 is 31.2 Å². The lowest BCUT2D eigenvalue weighted by Gasteiger charge is -2.33. The highest BCUT2D eigenvalue weighted by Crippen LogP contribution is 2.37. The molecule has 0 aliphatic rings. The summed E-state index contributed by atoms with van der Waals surface area (Å²) in [6.45, 7) is 1.15. The molecule has 0 saturated carbocycles. The molecule has 3 aromatic rings. The van der Waals surface area contributed by atoms with Gasteiger partial charge in [-0.05, 0) is 41.8 Å². The number of hydrogen-bond acceptors (Lipinski definition) is 4. The van der Waals surface area contributed by atoms with Crippen molar-refractivity contribution in [3.63, 3.8) is 0 Å². The number of carbonyl (C=O) groups is 2. The first kappa shape index (κ1) is 33.2. The summed E-state index contributed by atoms with van der Waals surface area (Å²) in [7, 11) is -4.27. The SMILES string of the molecule is CCCNC(=O)C(Cc1ccccc1)N(Cc1ccccc1Cl)C(=O)CN(c1ccc(Cl)c(C(F)(F)F)c1)S(C)(=O)=O. The van der Waals surface area contributed by atoms with Crippen LogP contribution in [-0.2, 0) is 38.8 Å². The number of nitrogens with one attached hydrogen (secondary N) is 1. The number of carbonyl (C=O) groups excluding carboxylic acids is 2. The number of nitrogens with zero attached hydrogens (tertiary/aromatic N) is 2. The van der Waals surface area contributed by atoms with Crippen LogP contribution in [0.2, 0.25) is 10.0 Å². The van der Waals surface area contributed by atoms with Crippen LogP contribution in [0.5, 0.6) is 0 Å². The quantitative estimate of drug-likeness (QED) is 0.264. The Balaban J connectivity index is 2.10. The first-order valence-electron chi connectivity index (χ1n) is 12.9. The van der Waals surface area contributed by atoms with Crippen molar-refractivity contribution in [3.05, 3.63) is 99.5 Å². The number of hydrogen-bond donors (Lipinski definition) is 1. The van der Waals surface area contributed by atoms with Crippen LogP contribution < -0.4 is 9.62 Å². The second-order valence-electron chi connectivity index (χ2n) is 9.54. The standard InChI is InChI=1S/C29H30Cl2F3N3O4S/c1-3-15-35-28(39)26(16-20-9-5-4-6-10-20)36(18-21-11-7-8-12-24(21)30)27(38)19-37(42(2,40)41)22-13-14-25(31)23(17-22)29(32,33)34/h4-14,17,26H,3,15-16,18-19H2,1-2H3,(H,35,39). The van der Waals surface area contributed by atoms with E-state index in [4.69, 9.17) is 23.2 Å². The summed E-state index contributed by atoms with van der Waals surface area (Å²) in [6, 6.07) is 17.1. The van der Waals surface area contributed by atoms with Gasteiger partial charge in [0.2, 0.25) is 21.8 Å². The molecule has 1 unspecified atom stereocenters. The third kappa shape index (κ3) is 8.86. The molecule has 1 atom stereocenters. The van der Waals surface area contributed by atoms with Gasteiger partial charge in [0.1, 0.15) is 12.6 Å². The summed E-state index contributed by atoms with van der Waals surface area (Å²) in [5.41, 5.74) is -0.434. The summed E-state index contributed by atoms with van der Waals surface area (Å²) < 4.78 is 66.9. The molecule has 0 bridgehead atoms. The van der Waals surface area contributed by atoms with Gasteiger partial charge in [0.15, 0.2) is 0 Å². The van der Waals surface area contributed by atoms with Crippen molar-refractivity contribution in [3.8, 4) is 0 Å². The minimum atomic E-state index is -4.87. The average Bonchev–Trinajstić information content (AvgIpc) is 2.93. The zero-order valence-electron chi connectivity index (χ0n) is 22.9. The summed E-state index contributed by atoms with van der Waals surface area (Å²) in [5, 5.41) is 2.49. The lowest BCUT2D eigenvalue weighted by molar-refractivity contribution is -0.140. The molecule has 0 fully saturated rings. The van der Waals surface area contributed by atoms with Crippen LogP contribution in [0.1, 0.15) is 30.0 Å². The third-order valence-electron chi connectivity index (χ3n) is 6.34. The molecule has 0 aromatic heterocycles. The Kier molecular flexibility index (Phi) is 11.3. The van der Waals surface area contributed by atoms with E-state index in [9.17, 15) is 31.2 Å². The minimum Gasteiger partial charge on any atom is -0.354 e. The molecule has 0 radical (unpaired) electrons. The van der Waals surface area contributed by atoms with Gasteiger partial charge >= 0.3 is 6.18 Å². The zero-order chi connectivity index (χ0) is 31.1. The molecule has 0 spiro atoms. The average molecular weight is 645 g/mol. The second kappa shape index (κ2) is 14.3. The highest BCUT2D eigenvalue weighted by molar-refractivity contribution is 7.92. The Morgan fingerprint density at radius 3 is 2.19 bits per heavy atom. The van der Waals surface area contributed by atoms with E-state index in [1.807, 2.05) is 6.92 Å². The second-order valence-corrected chi connectivity index (χ2v) is 12.3. The van der Waals surface area contributed by atoms with E-state index in [0.29, 0.717) is 33.9 Å². The van der Waals surface area contributed by atoms with Gasteiger partial charge in [-0.25, -0.2) is 8.42 Å². The molecule has 3 aromatic carbocycles. The molecule has 2 amide bonds.